The van der Waals surface area contributed by atoms with Crippen molar-refractivity contribution in [3.05, 3.63) is 0 Å². The first-order valence-corrected chi connectivity index (χ1v) is 7.59. The number of hydrogen-bond donors (Lipinski definition) is 1. The summed E-state index contributed by atoms with van der Waals surface area (Å²) in [7, 11) is 0.484. The normalized spacial score (nSPS) is 28.7. The van der Waals surface area contributed by atoms with E-state index in [-0.39, 0.29) is 54.3 Å². The van der Waals surface area contributed by atoms with Crippen LogP contribution in [0.15, 0.2) is 0 Å². The summed E-state index contributed by atoms with van der Waals surface area (Å²) < 4.78 is 23.2. The third-order valence-electron chi connectivity index (χ3n) is 3.43. The maximum atomic E-state index is 11.7. The number of carbonyl (C=O) groups is 1. The molecule has 0 spiro atoms. The van der Waals surface area contributed by atoms with Gasteiger partial charge in [0, 0.05) is 39.3 Å². The van der Waals surface area contributed by atoms with E-state index in [1.165, 1.54) is 0 Å². The number of amides is 1. The second-order valence-electron chi connectivity index (χ2n) is 4.96. The van der Waals surface area contributed by atoms with Gasteiger partial charge in [0.05, 0.1) is 18.1 Å². The first-order chi connectivity index (χ1) is 7.89. The number of fused-ring (bicyclic) bond motifs is 1. The molecule has 0 bridgehead atoms. The lowest BCUT2D eigenvalue weighted by atomic mass is 10.1. The minimum absolute atomic E-state index is 0. The SMILES string of the molecule is CN(C)C(=O)CN1CCNC2CS(=O)(=O)CC21.Cl.Cl. The van der Waals surface area contributed by atoms with Crippen LogP contribution in [-0.2, 0) is 14.6 Å². The standard InChI is InChI=1S/C10H19N3O3S.2ClH/c1-12(2)10(14)5-13-4-3-11-8-6-17(15,16)7-9(8)13;;/h8-9,11H,3-7H2,1-2H3;2*1H. The van der Waals surface area contributed by atoms with Crippen molar-refractivity contribution in [3.8, 4) is 0 Å². The molecule has 2 heterocycles. The smallest absolute Gasteiger partial charge is 0.236 e. The first-order valence-electron chi connectivity index (χ1n) is 5.77. The Bertz CT molecular complexity index is 416. The molecule has 2 fully saturated rings. The van der Waals surface area contributed by atoms with Crippen molar-refractivity contribution in [3.63, 3.8) is 0 Å². The molecule has 6 nitrogen and oxygen atoms in total. The minimum Gasteiger partial charge on any atom is -0.348 e. The zero-order valence-electron chi connectivity index (χ0n) is 11.0. The number of sulfone groups is 1. The van der Waals surface area contributed by atoms with E-state index in [4.69, 9.17) is 0 Å². The van der Waals surface area contributed by atoms with E-state index in [2.05, 4.69) is 5.32 Å². The molecule has 0 aromatic carbocycles. The summed E-state index contributed by atoms with van der Waals surface area (Å²) in [6, 6.07) is -0.0543. The Hall–Kier alpha value is -0.0800. The highest BCUT2D eigenvalue weighted by atomic mass is 35.5. The molecular weight excluding hydrogens is 313 g/mol. The zero-order valence-corrected chi connectivity index (χ0v) is 13.5. The van der Waals surface area contributed by atoms with Crippen molar-refractivity contribution >= 4 is 40.6 Å². The highest BCUT2D eigenvalue weighted by Crippen LogP contribution is 2.20. The van der Waals surface area contributed by atoms with Crippen LogP contribution in [0.2, 0.25) is 0 Å². The molecule has 1 amide bonds. The average molecular weight is 334 g/mol. The lowest BCUT2D eigenvalue weighted by Crippen LogP contribution is -2.59. The molecular formula is C10H21Cl2N3O3S. The van der Waals surface area contributed by atoms with Gasteiger partial charge in [-0.25, -0.2) is 8.42 Å². The number of halogens is 2. The fourth-order valence-corrected chi connectivity index (χ4v) is 4.44. The summed E-state index contributed by atoms with van der Waals surface area (Å²) in [5.74, 6) is 0.394. The van der Waals surface area contributed by atoms with E-state index in [9.17, 15) is 13.2 Å². The van der Waals surface area contributed by atoms with Gasteiger partial charge in [-0.15, -0.1) is 24.8 Å². The molecule has 2 saturated heterocycles. The van der Waals surface area contributed by atoms with Crippen LogP contribution < -0.4 is 5.32 Å². The zero-order chi connectivity index (χ0) is 12.6. The van der Waals surface area contributed by atoms with E-state index in [0.717, 1.165) is 13.1 Å². The maximum absolute atomic E-state index is 11.7. The lowest BCUT2D eigenvalue weighted by Gasteiger charge is -2.37. The van der Waals surface area contributed by atoms with Gasteiger partial charge in [0.2, 0.25) is 5.91 Å². The molecule has 19 heavy (non-hydrogen) atoms. The summed E-state index contributed by atoms with van der Waals surface area (Å²) in [4.78, 5) is 15.2. The Morgan fingerprint density at radius 2 is 1.95 bits per heavy atom. The Labute approximate surface area is 126 Å². The summed E-state index contributed by atoms with van der Waals surface area (Å²) in [6.45, 7) is 1.79. The number of piperazine rings is 1. The quantitative estimate of drug-likeness (QED) is 0.701. The number of rotatable bonds is 2. The van der Waals surface area contributed by atoms with Gasteiger partial charge in [-0.05, 0) is 0 Å². The maximum Gasteiger partial charge on any atom is 0.236 e. The molecule has 114 valence electrons. The van der Waals surface area contributed by atoms with Crippen LogP contribution in [0.1, 0.15) is 0 Å². The van der Waals surface area contributed by atoms with E-state index in [0.29, 0.717) is 6.54 Å². The highest BCUT2D eigenvalue weighted by Gasteiger charge is 2.43. The predicted molar refractivity (Wildman–Crippen MR) is 79.0 cm³/mol. The Morgan fingerprint density at radius 1 is 1.32 bits per heavy atom. The van der Waals surface area contributed by atoms with Gasteiger partial charge in [0.25, 0.3) is 0 Å². The van der Waals surface area contributed by atoms with Crippen molar-refractivity contribution in [2.75, 3.05) is 45.2 Å². The molecule has 0 aromatic rings. The van der Waals surface area contributed by atoms with Crippen LogP contribution in [0, 0.1) is 0 Å². The van der Waals surface area contributed by atoms with Crippen LogP contribution >= 0.6 is 24.8 Å². The molecule has 0 aromatic heterocycles. The van der Waals surface area contributed by atoms with Crippen LogP contribution in [0.3, 0.4) is 0 Å². The van der Waals surface area contributed by atoms with Crippen molar-refractivity contribution in [1.29, 1.82) is 0 Å². The first kappa shape index (κ1) is 18.9. The Morgan fingerprint density at radius 3 is 2.53 bits per heavy atom. The third kappa shape index (κ3) is 4.46. The van der Waals surface area contributed by atoms with Gasteiger partial charge in [-0.3, -0.25) is 9.69 Å². The second-order valence-corrected chi connectivity index (χ2v) is 7.12. The number of hydrogen-bond acceptors (Lipinski definition) is 5. The molecule has 2 rings (SSSR count). The van der Waals surface area contributed by atoms with Crippen LogP contribution in [0.5, 0.6) is 0 Å². The molecule has 0 aliphatic carbocycles. The van der Waals surface area contributed by atoms with Crippen LogP contribution in [-0.4, -0.2) is 81.4 Å². The van der Waals surface area contributed by atoms with Crippen LogP contribution in [0.4, 0.5) is 0 Å². The fraction of sp³-hybridized carbons (Fsp3) is 0.900. The average Bonchev–Trinajstić information content (AvgIpc) is 2.53. The molecule has 9 heteroatoms. The van der Waals surface area contributed by atoms with E-state index >= 15 is 0 Å². The molecule has 2 aliphatic rings. The molecule has 0 saturated carbocycles. The lowest BCUT2D eigenvalue weighted by molar-refractivity contribution is -0.130. The predicted octanol–water partition coefficient (Wildman–Crippen LogP) is -1.01. The van der Waals surface area contributed by atoms with Crippen molar-refractivity contribution in [2.24, 2.45) is 0 Å². The number of carbonyl (C=O) groups excluding carboxylic acids is 1. The molecule has 2 atom stereocenters. The third-order valence-corrected chi connectivity index (χ3v) is 5.15. The topological polar surface area (TPSA) is 69.7 Å². The Balaban J connectivity index is 0.00000162. The van der Waals surface area contributed by atoms with E-state index in [1.807, 2.05) is 4.90 Å². The highest BCUT2D eigenvalue weighted by molar-refractivity contribution is 7.91. The molecule has 0 radical (unpaired) electrons. The van der Waals surface area contributed by atoms with E-state index in [1.54, 1.807) is 19.0 Å². The summed E-state index contributed by atoms with van der Waals surface area (Å²) in [5, 5.41) is 3.22. The van der Waals surface area contributed by atoms with Gasteiger partial charge in [0.1, 0.15) is 0 Å². The second kappa shape index (κ2) is 7.08. The largest absolute Gasteiger partial charge is 0.348 e. The van der Waals surface area contributed by atoms with E-state index < -0.39 is 9.84 Å². The molecule has 1 N–H and O–H groups in total. The number of nitrogens with one attached hydrogen (secondary N) is 1. The summed E-state index contributed by atoms with van der Waals surface area (Å²) in [5.41, 5.74) is 0. The van der Waals surface area contributed by atoms with Gasteiger partial charge in [0.15, 0.2) is 9.84 Å². The van der Waals surface area contributed by atoms with Gasteiger partial charge >= 0.3 is 0 Å². The van der Waals surface area contributed by atoms with Crippen molar-refractivity contribution in [2.45, 2.75) is 12.1 Å². The Kier molecular flexibility index (Phi) is 7.05. The molecule has 2 aliphatic heterocycles. The van der Waals surface area contributed by atoms with Gasteiger partial charge in [-0.1, -0.05) is 0 Å². The van der Waals surface area contributed by atoms with Crippen LogP contribution in [0.25, 0.3) is 0 Å². The fourth-order valence-electron chi connectivity index (χ4n) is 2.45. The molecule has 2 unspecified atom stereocenters. The monoisotopic (exact) mass is 333 g/mol. The van der Waals surface area contributed by atoms with Gasteiger partial charge < -0.3 is 10.2 Å². The summed E-state index contributed by atoms with van der Waals surface area (Å²) in [6.07, 6.45) is 0. The number of nitrogens with zero attached hydrogens (tertiary/aromatic N) is 2. The van der Waals surface area contributed by atoms with Crippen molar-refractivity contribution < 1.29 is 13.2 Å². The number of likely N-dealkylation sites (N-methyl/N-ethyl adjacent to an activating group) is 1. The summed E-state index contributed by atoms with van der Waals surface area (Å²) >= 11 is 0. The minimum atomic E-state index is -2.95. The van der Waals surface area contributed by atoms with Crippen molar-refractivity contribution in [1.82, 2.24) is 15.1 Å². The van der Waals surface area contributed by atoms with Gasteiger partial charge in [-0.2, -0.15) is 0 Å².